The number of carboxylic acids is 1. The van der Waals surface area contributed by atoms with E-state index in [1.807, 2.05) is 6.07 Å². The van der Waals surface area contributed by atoms with Gasteiger partial charge in [0.05, 0.1) is 35.7 Å². The molecule has 0 amide bonds. The Morgan fingerprint density at radius 2 is 2.14 bits per heavy atom. The van der Waals surface area contributed by atoms with Crippen LogP contribution in [0.5, 0.6) is 0 Å². The number of aromatic amines is 1. The number of nitrogens with zero attached hydrogens (tertiary/aromatic N) is 1. The minimum absolute atomic E-state index is 0.312. The van der Waals surface area contributed by atoms with Crippen molar-refractivity contribution in [2.75, 3.05) is 13.2 Å². The molecule has 5 rings (SSSR count). The van der Waals surface area contributed by atoms with Crippen molar-refractivity contribution in [1.29, 1.82) is 0 Å². The Hall–Kier alpha value is -3.03. The zero-order valence-electron chi connectivity index (χ0n) is 15.7. The van der Waals surface area contributed by atoms with Crippen molar-refractivity contribution in [2.24, 2.45) is 5.73 Å². The van der Waals surface area contributed by atoms with Gasteiger partial charge in [0.2, 0.25) is 0 Å². The highest BCUT2D eigenvalue weighted by molar-refractivity contribution is 5.94. The first-order valence-electron chi connectivity index (χ1n) is 9.52. The van der Waals surface area contributed by atoms with Gasteiger partial charge in [0.25, 0.3) is 0 Å². The van der Waals surface area contributed by atoms with Gasteiger partial charge in [-0.1, -0.05) is 12.1 Å². The summed E-state index contributed by atoms with van der Waals surface area (Å²) >= 11 is 0. The van der Waals surface area contributed by atoms with Crippen molar-refractivity contribution in [3.63, 3.8) is 0 Å². The van der Waals surface area contributed by atoms with Crippen LogP contribution < -0.4 is 5.73 Å². The molecule has 2 aromatic heterocycles. The Labute approximate surface area is 166 Å². The highest BCUT2D eigenvalue weighted by atomic mass is 19.1. The second-order valence-electron chi connectivity index (χ2n) is 7.91. The molecule has 1 aliphatic carbocycles. The van der Waals surface area contributed by atoms with Crippen LogP contribution in [0, 0.1) is 5.82 Å². The third kappa shape index (κ3) is 3.03. The molecule has 1 saturated heterocycles. The standard InChI is InChI=1S/C22H20FN3O3/c23-14-3-1-2-12(6-14)17-7-16-13(9-25-17)4-5-15-19(21(27)28)18(26-20(15)16)8-22(24)10-29-11-22/h1-3,6-7,9,26H,4-5,8,10-11,24H2,(H,27,28). The number of H-pyrrole nitrogens is 1. The number of carbonyl (C=O) groups is 1. The number of nitrogens with one attached hydrogen (secondary N) is 1. The summed E-state index contributed by atoms with van der Waals surface area (Å²) < 4.78 is 18.9. The molecular formula is C22H20FN3O3. The summed E-state index contributed by atoms with van der Waals surface area (Å²) in [4.78, 5) is 19.9. The van der Waals surface area contributed by atoms with E-state index in [2.05, 4.69) is 9.97 Å². The fourth-order valence-electron chi connectivity index (χ4n) is 4.27. The second-order valence-corrected chi connectivity index (χ2v) is 7.91. The quantitative estimate of drug-likeness (QED) is 0.633. The van der Waals surface area contributed by atoms with Crippen molar-refractivity contribution in [1.82, 2.24) is 9.97 Å². The Morgan fingerprint density at radius 3 is 2.83 bits per heavy atom. The van der Waals surface area contributed by atoms with Gasteiger partial charge in [-0.2, -0.15) is 0 Å². The summed E-state index contributed by atoms with van der Waals surface area (Å²) in [6.07, 6.45) is 3.53. The van der Waals surface area contributed by atoms with Crippen molar-refractivity contribution in [3.8, 4) is 22.5 Å². The number of ether oxygens (including phenoxy) is 1. The van der Waals surface area contributed by atoms with Crippen molar-refractivity contribution in [3.05, 3.63) is 64.7 Å². The van der Waals surface area contributed by atoms with Crippen molar-refractivity contribution < 1.29 is 19.0 Å². The van der Waals surface area contributed by atoms with Gasteiger partial charge in [-0.05, 0) is 42.2 Å². The molecule has 0 spiro atoms. The summed E-state index contributed by atoms with van der Waals surface area (Å²) in [5.41, 5.74) is 11.5. The topological polar surface area (TPSA) is 101 Å². The van der Waals surface area contributed by atoms with E-state index in [0.29, 0.717) is 55.0 Å². The first-order chi connectivity index (χ1) is 13.9. The van der Waals surface area contributed by atoms with Crippen LogP contribution in [0.4, 0.5) is 4.39 Å². The van der Waals surface area contributed by atoms with Gasteiger partial charge in [0, 0.05) is 29.4 Å². The van der Waals surface area contributed by atoms with Crippen LogP contribution in [0.1, 0.15) is 27.2 Å². The van der Waals surface area contributed by atoms with Crippen molar-refractivity contribution >= 4 is 5.97 Å². The van der Waals surface area contributed by atoms with E-state index in [-0.39, 0.29) is 5.82 Å². The summed E-state index contributed by atoms with van der Waals surface area (Å²) in [6, 6.07) is 8.19. The smallest absolute Gasteiger partial charge is 0.337 e. The zero-order chi connectivity index (χ0) is 20.2. The SMILES string of the molecule is NC1(Cc2[nH]c3c(c2C(=O)O)CCc2cnc(-c4cccc(F)c4)cc2-3)COC1. The fourth-order valence-corrected chi connectivity index (χ4v) is 4.27. The first-order valence-corrected chi connectivity index (χ1v) is 9.52. The summed E-state index contributed by atoms with van der Waals surface area (Å²) in [5, 5.41) is 9.86. The summed E-state index contributed by atoms with van der Waals surface area (Å²) in [6.45, 7) is 0.833. The number of aromatic carboxylic acids is 1. The van der Waals surface area contributed by atoms with Crippen molar-refractivity contribution in [2.45, 2.75) is 24.8 Å². The van der Waals surface area contributed by atoms with Crippen LogP contribution in [0.3, 0.4) is 0 Å². The van der Waals surface area contributed by atoms with Crippen LogP contribution >= 0.6 is 0 Å². The van der Waals surface area contributed by atoms with E-state index in [1.165, 1.54) is 12.1 Å². The Balaban J connectivity index is 1.63. The summed E-state index contributed by atoms with van der Waals surface area (Å²) in [5.74, 6) is -1.28. The van der Waals surface area contributed by atoms with E-state index in [0.717, 1.165) is 22.4 Å². The maximum atomic E-state index is 13.7. The van der Waals surface area contributed by atoms with Crippen LogP contribution in [-0.4, -0.2) is 39.8 Å². The average molecular weight is 393 g/mol. The van der Waals surface area contributed by atoms with Crippen LogP contribution in [-0.2, 0) is 24.0 Å². The molecule has 0 radical (unpaired) electrons. The third-order valence-corrected chi connectivity index (χ3v) is 5.72. The van der Waals surface area contributed by atoms with Gasteiger partial charge < -0.3 is 20.6 Å². The molecule has 1 aliphatic heterocycles. The van der Waals surface area contributed by atoms with E-state index < -0.39 is 11.5 Å². The number of carboxylic acid groups (broad SMARTS) is 1. The van der Waals surface area contributed by atoms with Gasteiger partial charge >= 0.3 is 5.97 Å². The normalized spacial score (nSPS) is 16.6. The lowest BCUT2D eigenvalue weighted by molar-refractivity contribution is -0.0533. The molecule has 1 fully saturated rings. The van der Waals surface area contributed by atoms with Gasteiger partial charge in [-0.15, -0.1) is 0 Å². The molecule has 3 heterocycles. The van der Waals surface area contributed by atoms with E-state index in [4.69, 9.17) is 10.5 Å². The molecule has 0 atom stereocenters. The molecule has 0 unspecified atom stereocenters. The minimum atomic E-state index is -0.954. The minimum Gasteiger partial charge on any atom is -0.478 e. The highest BCUT2D eigenvalue weighted by Gasteiger charge is 2.38. The number of hydrogen-bond acceptors (Lipinski definition) is 4. The number of benzene rings is 1. The number of fused-ring (bicyclic) bond motifs is 3. The molecule has 7 heteroatoms. The van der Waals surface area contributed by atoms with Gasteiger partial charge in [0.15, 0.2) is 0 Å². The maximum absolute atomic E-state index is 13.7. The molecule has 148 valence electrons. The third-order valence-electron chi connectivity index (χ3n) is 5.72. The number of nitrogens with two attached hydrogens (primary N) is 1. The Kier molecular flexibility index (Phi) is 4.04. The first kappa shape index (κ1) is 18.0. The van der Waals surface area contributed by atoms with E-state index in [1.54, 1.807) is 18.3 Å². The Morgan fingerprint density at radius 1 is 1.31 bits per heavy atom. The van der Waals surface area contributed by atoms with Gasteiger partial charge in [-0.3, -0.25) is 4.98 Å². The fraction of sp³-hybridized carbons (Fsp3) is 0.273. The monoisotopic (exact) mass is 393 g/mol. The zero-order valence-corrected chi connectivity index (χ0v) is 15.7. The maximum Gasteiger partial charge on any atom is 0.337 e. The molecule has 29 heavy (non-hydrogen) atoms. The van der Waals surface area contributed by atoms with Crippen LogP contribution in [0.2, 0.25) is 0 Å². The number of rotatable bonds is 4. The van der Waals surface area contributed by atoms with Crippen LogP contribution in [0.15, 0.2) is 36.5 Å². The lowest BCUT2D eigenvalue weighted by Gasteiger charge is -2.37. The largest absolute Gasteiger partial charge is 0.478 e. The highest BCUT2D eigenvalue weighted by Crippen LogP contribution is 2.39. The number of pyridine rings is 1. The molecule has 0 bridgehead atoms. The summed E-state index contributed by atoms with van der Waals surface area (Å²) in [7, 11) is 0. The number of hydrogen-bond donors (Lipinski definition) is 3. The number of aryl methyl sites for hydroxylation is 1. The predicted molar refractivity (Wildman–Crippen MR) is 105 cm³/mol. The molecule has 3 aromatic rings. The van der Waals surface area contributed by atoms with Gasteiger partial charge in [-0.25, -0.2) is 9.18 Å². The molecule has 2 aliphatic rings. The number of aromatic nitrogens is 2. The van der Waals surface area contributed by atoms with E-state index in [9.17, 15) is 14.3 Å². The average Bonchev–Trinajstić information content (AvgIpc) is 3.04. The Bertz CT molecular complexity index is 1130. The lowest BCUT2D eigenvalue weighted by Crippen LogP contribution is -2.59. The van der Waals surface area contributed by atoms with Crippen LogP contribution in [0.25, 0.3) is 22.5 Å². The molecule has 1 aromatic carbocycles. The lowest BCUT2D eigenvalue weighted by atomic mass is 9.87. The number of halogens is 1. The molecule has 4 N–H and O–H groups in total. The predicted octanol–water partition coefficient (Wildman–Crippen LogP) is 2.95. The molecular weight excluding hydrogens is 373 g/mol. The molecule has 6 nitrogen and oxygen atoms in total. The molecule has 0 saturated carbocycles. The van der Waals surface area contributed by atoms with E-state index >= 15 is 0 Å². The second kappa shape index (κ2) is 6.50. The van der Waals surface area contributed by atoms with Gasteiger partial charge in [0.1, 0.15) is 5.82 Å².